The number of carbonyl (C=O) groups excluding carboxylic acids is 2. The van der Waals surface area contributed by atoms with Crippen LogP contribution in [0.15, 0.2) is 78.1 Å². The fraction of sp³-hybridized carbons (Fsp3) is 0.0476. The summed E-state index contributed by atoms with van der Waals surface area (Å²) >= 11 is 7.14. The zero-order valence-corrected chi connectivity index (χ0v) is 17.2. The molecule has 4 rings (SSSR count). The quantitative estimate of drug-likeness (QED) is 0.437. The van der Waals surface area contributed by atoms with Crippen molar-refractivity contribution in [3.05, 3.63) is 83.5 Å². The van der Waals surface area contributed by atoms with Crippen molar-refractivity contribution < 1.29 is 9.59 Å². The normalized spacial score (nSPS) is 10.7. The van der Waals surface area contributed by atoms with Crippen LogP contribution in [0.25, 0.3) is 5.65 Å². The zero-order valence-electron chi connectivity index (χ0n) is 15.6. The standard InChI is InChI=1S/C21H16ClN5O2S/c22-14-8-10-15(11-9-14)23-20(29)16-5-1-2-6-17(16)24-19(28)13-30-21-26-25-18-7-3-4-12-27(18)21/h1-12H,13H2,(H,23,29)(H,24,28). The fourth-order valence-electron chi connectivity index (χ4n) is 2.76. The Balaban J connectivity index is 1.42. The lowest BCUT2D eigenvalue weighted by Gasteiger charge is -2.11. The first-order valence-electron chi connectivity index (χ1n) is 8.98. The van der Waals surface area contributed by atoms with E-state index in [1.807, 2.05) is 28.8 Å². The Labute approximate surface area is 181 Å². The van der Waals surface area contributed by atoms with Gasteiger partial charge in [0.1, 0.15) is 0 Å². The summed E-state index contributed by atoms with van der Waals surface area (Å²) in [4.78, 5) is 25.1. The van der Waals surface area contributed by atoms with Crippen LogP contribution in [0.3, 0.4) is 0 Å². The molecule has 9 heteroatoms. The third kappa shape index (κ3) is 4.61. The topological polar surface area (TPSA) is 88.4 Å². The highest BCUT2D eigenvalue weighted by Crippen LogP contribution is 2.21. The Bertz CT molecular complexity index is 1210. The maximum absolute atomic E-state index is 12.7. The SMILES string of the molecule is O=C(CSc1nnc2ccccn12)Nc1ccccc1C(=O)Nc1ccc(Cl)cc1. The molecule has 0 fully saturated rings. The lowest BCUT2D eigenvalue weighted by molar-refractivity contribution is -0.113. The highest BCUT2D eigenvalue weighted by Gasteiger charge is 2.14. The monoisotopic (exact) mass is 437 g/mol. The van der Waals surface area contributed by atoms with Gasteiger partial charge in [-0.2, -0.15) is 0 Å². The zero-order chi connectivity index (χ0) is 20.9. The van der Waals surface area contributed by atoms with Crippen molar-refractivity contribution in [1.29, 1.82) is 0 Å². The van der Waals surface area contributed by atoms with Crippen LogP contribution in [-0.4, -0.2) is 32.2 Å². The average Bonchev–Trinajstić information content (AvgIpc) is 3.17. The van der Waals surface area contributed by atoms with Gasteiger partial charge in [-0.25, -0.2) is 0 Å². The predicted molar refractivity (Wildman–Crippen MR) is 118 cm³/mol. The molecule has 2 amide bonds. The van der Waals surface area contributed by atoms with Crippen molar-refractivity contribution >= 4 is 52.2 Å². The number of thioether (sulfide) groups is 1. The maximum Gasteiger partial charge on any atom is 0.257 e. The van der Waals surface area contributed by atoms with Crippen LogP contribution in [0, 0.1) is 0 Å². The van der Waals surface area contributed by atoms with Gasteiger partial charge in [0.05, 0.1) is 17.0 Å². The van der Waals surface area contributed by atoms with E-state index in [0.717, 1.165) is 0 Å². The number of amides is 2. The molecule has 0 bridgehead atoms. The second kappa shape index (κ2) is 8.98. The smallest absolute Gasteiger partial charge is 0.257 e. The fourth-order valence-corrected chi connectivity index (χ4v) is 3.61. The van der Waals surface area contributed by atoms with Crippen LogP contribution in [0.1, 0.15) is 10.4 Å². The number of halogens is 1. The number of hydrogen-bond acceptors (Lipinski definition) is 5. The molecule has 4 aromatic rings. The minimum absolute atomic E-state index is 0.128. The van der Waals surface area contributed by atoms with E-state index in [1.165, 1.54) is 11.8 Å². The number of rotatable bonds is 6. The highest BCUT2D eigenvalue weighted by atomic mass is 35.5. The number of para-hydroxylation sites is 1. The van der Waals surface area contributed by atoms with E-state index >= 15 is 0 Å². The van der Waals surface area contributed by atoms with Crippen molar-refractivity contribution in [3.8, 4) is 0 Å². The molecular formula is C21H16ClN5O2S. The van der Waals surface area contributed by atoms with Gasteiger partial charge in [0.15, 0.2) is 10.8 Å². The van der Waals surface area contributed by atoms with Gasteiger partial charge in [-0.3, -0.25) is 14.0 Å². The number of anilines is 2. The van der Waals surface area contributed by atoms with Gasteiger partial charge >= 0.3 is 0 Å². The summed E-state index contributed by atoms with van der Waals surface area (Å²) in [5, 5.41) is 15.0. The summed E-state index contributed by atoms with van der Waals surface area (Å²) in [7, 11) is 0. The Hall–Kier alpha value is -3.36. The molecule has 0 aliphatic rings. The number of benzene rings is 2. The first-order chi connectivity index (χ1) is 14.6. The van der Waals surface area contributed by atoms with E-state index < -0.39 is 0 Å². The summed E-state index contributed by atoms with van der Waals surface area (Å²) in [5.74, 6) is -0.452. The molecular weight excluding hydrogens is 422 g/mol. The highest BCUT2D eigenvalue weighted by molar-refractivity contribution is 7.99. The number of aromatic nitrogens is 3. The van der Waals surface area contributed by atoms with E-state index in [4.69, 9.17) is 11.6 Å². The number of hydrogen-bond donors (Lipinski definition) is 2. The molecule has 0 aliphatic heterocycles. The molecule has 0 saturated carbocycles. The van der Waals surface area contributed by atoms with Gasteiger partial charge < -0.3 is 10.6 Å². The molecule has 150 valence electrons. The second-order valence-corrected chi connectivity index (χ2v) is 7.63. The number of pyridine rings is 1. The Morgan fingerprint density at radius 1 is 0.933 bits per heavy atom. The third-order valence-corrected chi connectivity index (χ3v) is 5.36. The predicted octanol–water partition coefficient (Wildman–Crippen LogP) is 4.37. The number of fused-ring (bicyclic) bond motifs is 1. The van der Waals surface area contributed by atoms with Crippen molar-refractivity contribution in [2.45, 2.75) is 5.16 Å². The first kappa shape index (κ1) is 19.9. The minimum atomic E-state index is -0.329. The van der Waals surface area contributed by atoms with E-state index in [9.17, 15) is 9.59 Å². The van der Waals surface area contributed by atoms with E-state index in [2.05, 4.69) is 20.8 Å². The molecule has 2 aromatic heterocycles. The second-order valence-electron chi connectivity index (χ2n) is 6.25. The summed E-state index contributed by atoms with van der Waals surface area (Å²) in [6, 6.07) is 19.2. The van der Waals surface area contributed by atoms with Crippen LogP contribution >= 0.6 is 23.4 Å². The van der Waals surface area contributed by atoms with Gasteiger partial charge in [0.2, 0.25) is 5.91 Å². The molecule has 0 radical (unpaired) electrons. The van der Waals surface area contributed by atoms with Gasteiger partial charge in [-0.15, -0.1) is 10.2 Å². The molecule has 0 aliphatic carbocycles. The molecule has 0 saturated heterocycles. The van der Waals surface area contributed by atoms with Gasteiger partial charge in [0, 0.05) is 16.9 Å². The Morgan fingerprint density at radius 2 is 1.70 bits per heavy atom. The van der Waals surface area contributed by atoms with Crippen molar-refractivity contribution in [3.63, 3.8) is 0 Å². The number of nitrogens with one attached hydrogen (secondary N) is 2. The summed E-state index contributed by atoms with van der Waals surface area (Å²) in [5.41, 5.74) is 2.11. The van der Waals surface area contributed by atoms with E-state index in [-0.39, 0.29) is 17.6 Å². The Morgan fingerprint density at radius 3 is 2.53 bits per heavy atom. The van der Waals surface area contributed by atoms with Crippen molar-refractivity contribution in [1.82, 2.24) is 14.6 Å². The lowest BCUT2D eigenvalue weighted by atomic mass is 10.1. The van der Waals surface area contributed by atoms with Crippen LogP contribution in [0.5, 0.6) is 0 Å². The molecule has 7 nitrogen and oxygen atoms in total. The van der Waals surface area contributed by atoms with Crippen LogP contribution in [0.2, 0.25) is 5.02 Å². The van der Waals surface area contributed by atoms with Crippen LogP contribution < -0.4 is 10.6 Å². The summed E-state index contributed by atoms with van der Waals surface area (Å²) in [6.07, 6.45) is 1.84. The minimum Gasteiger partial charge on any atom is -0.325 e. The van der Waals surface area contributed by atoms with Gasteiger partial charge in [-0.1, -0.05) is 41.6 Å². The molecule has 0 atom stereocenters. The summed E-state index contributed by atoms with van der Waals surface area (Å²) < 4.78 is 1.81. The first-order valence-corrected chi connectivity index (χ1v) is 10.3. The largest absolute Gasteiger partial charge is 0.325 e. The van der Waals surface area contributed by atoms with Gasteiger partial charge in [-0.05, 0) is 48.5 Å². The Kier molecular flexibility index (Phi) is 5.97. The van der Waals surface area contributed by atoms with Crippen molar-refractivity contribution in [2.24, 2.45) is 0 Å². The number of carbonyl (C=O) groups is 2. The molecule has 2 heterocycles. The number of nitrogens with zero attached hydrogens (tertiary/aromatic N) is 3. The molecule has 0 unspecified atom stereocenters. The van der Waals surface area contributed by atoms with E-state index in [1.54, 1.807) is 48.5 Å². The van der Waals surface area contributed by atoms with Crippen LogP contribution in [0.4, 0.5) is 11.4 Å². The molecule has 0 spiro atoms. The van der Waals surface area contributed by atoms with Gasteiger partial charge in [0.25, 0.3) is 5.91 Å². The lowest BCUT2D eigenvalue weighted by Crippen LogP contribution is -2.19. The maximum atomic E-state index is 12.7. The van der Waals surface area contributed by atoms with Crippen molar-refractivity contribution in [2.75, 3.05) is 16.4 Å². The summed E-state index contributed by atoms with van der Waals surface area (Å²) in [6.45, 7) is 0. The molecule has 2 N–H and O–H groups in total. The molecule has 30 heavy (non-hydrogen) atoms. The van der Waals surface area contributed by atoms with E-state index in [0.29, 0.717) is 32.8 Å². The van der Waals surface area contributed by atoms with Crippen LogP contribution in [-0.2, 0) is 4.79 Å². The molecule has 2 aromatic carbocycles. The average molecular weight is 438 g/mol. The third-order valence-electron chi connectivity index (χ3n) is 4.16.